The molecule has 3 rings (SSSR count). The standard InChI is InChI=1S/C19H28N4O2.HI/c1-2-20-19(21-10-9-15-6-5-11-25-15)22-13-14-12-18(24)23-17-8-4-3-7-16(14)17;/h3-4,7-8,14-15H,2,5-6,9-13H2,1H3,(H,23,24)(H2,20,21,22);1H. The normalized spacial score (nSPS) is 22.2. The minimum atomic E-state index is 0. The molecule has 1 saturated heterocycles. The molecular formula is C19H29IN4O2. The Morgan fingerprint density at radius 3 is 2.96 bits per heavy atom. The molecule has 2 heterocycles. The van der Waals surface area contributed by atoms with Crippen LogP contribution in [0.2, 0.25) is 0 Å². The van der Waals surface area contributed by atoms with Crippen molar-refractivity contribution >= 4 is 41.5 Å². The van der Waals surface area contributed by atoms with Gasteiger partial charge in [0.15, 0.2) is 5.96 Å². The zero-order chi connectivity index (χ0) is 17.5. The van der Waals surface area contributed by atoms with E-state index in [4.69, 9.17) is 9.73 Å². The van der Waals surface area contributed by atoms with Crippen LogP contribution in [0.15, 0.2) is 29.3 Å². The van der Waals surface area contributed by atoms with Gasteiger partial charge >= 0.3 is 0 Å². The lowest BCUT2D eigenvalue weighted by Crippen LogP contribution is -2.39. The van der Waals surface area contributed by atoms with E-state index in [1.807, 2.05) is 18.2 Å². The summed E-state index contributed by atoms with van der Waals surface area (Å²) in [6.45, 7) is 5.20. The fourth-order valence-corrected chi connectivity index (χ4v) is 3.43. The number of carbonyl (C=O) groups is 1. The monoisotopic (exact) mass is 472 g/mol. The molecule has 3 N–H and O–H groups in total. The Morgan fingerprint density at radius 2 is 2.19 bits per heavy atom. The molecule has 0 radical (unpaired) electrons. The Kier molecular flexibility index (Phi) is 8.64. The van der Waals surface area contributed by atoms with Gasteiger partial charge in [-0.05, 0) is 37.8 Å². The average Bonchev–Trinajstić information content (AvgIpc) is 3.12. The third kappa shape index (κ3) is 5.84. The molecule has 1 aromatic carbocycles. The van der Waals surface area contributed by atoms with E-state index in [1.165, 1.54) is 12.0 Å². The summed E-state index contributed by atoms with van der Waals surface area (Å²) >= 11 is 0. The van der Waals surface area contributed by atoms with Crippen LogP contribution in [0.4, 0.5) is 5.69 Å². The molecule has 2 atom stereocenters. The number of nitrogens with zero attached hydrogens (tertiary/aromatic N) is 1. The molecule has 7 heteroatoms. The van der Waals surface area contributed by atoms with Crippen molar-refractivity contribution in [3.63, 3.8) is 0 Å². The average molecular weight is 472 g/mol. The fourth-order valence-electron chi connectivity index (χ4n) is 3.43. The molecule has 0 spiro atoms. The van der Waals surface area contributed by atoms with Gasteiger partial charge in [0.1, 0.15) is 0 Å². The summed E-state index contributed by atoms with van der Waals surface area (Å²) in [4.78, 5) is 16.6. The smallest absolute Gasteiger partial charge is 0.225 e. The van der Waals surface area contributed by atoms with E-state index >= 15 is 0 Å². The Labute approximate surface area is 172 Å². The largest absolute Gasteiger partial charge is 0.378 e. The van der Waals surface area contributed by atoms with E-state index in [1.54, 1.807) is 0 Å². The van der Waals surface area contributed by atoms with Crippen LogP contribution in [0, 0.1) is 0 Å². The van der Waals surface area contributed by atoms with Gasteiger partial charge in [0.2, 0.25) is 5.91 Å². The van der Waals surface area contributed by atoms with Crippen LogP contribution in [0.1, 0.15) is 44.1 Å². The van der Waals surface area contributed by atoms with Crippen LogP contribution >= 0.6 is 24.0 Å². The number of anilines is 1. The number of carbonyl (C=O) groups excluding carboxylic acids is 1. The van der Waals surface area contributed by atoms with Crippen molar-refractivity contribution in [1.82, 2.24) is 10.6 Å². The van der Waals surface area contributed by atoms with Gasteiger partial charge in [0.25, 0.3) is 0 Å². The van der Waals surface area contributed by atoms with Crippen molar-refractivity contribution in [2.75, 3.05) is 31.6 Å². The number of fused-ring (bicyclic) bond motifs is 1. The topological polar surface area (TPSA) is 74.8 Å². The van der Waals surface area contributed by atoms with E-state index in [0.717, 1.165) is 44.2 Å². The highest BCUT2D eigenvalue weighted by Gasteiger charge is 2.24. The molecule has 2 unspecified atom stereocenters. The Bertz CT molecular complexity index is 617. The fraction of sp³-hybridized carbons (Fsp3) is 0.579. The number of ether oxygens (including phenoxy) is 1. The third-order valence-corrected chi connectivity index (χ3v) is 4.70. The highest BCUT2D eigenvalue weighted by Crippen LogP contribution is 2.31. The van der Waals surface area contributed by atoms with Gasteiger partial charge in [0, 0.05) is 37.7 Å². The number of halogens is 1. The third-order valence-electron chi connectivity index (χ3n) is 4.70. The first-order valence-electron chi connectivity index (χ1n) is 9.29. The maximum atomic E-state index is 11.9. The van der Waals surface area contributed by atoms with E-state index in [9.17, 15) is 4.79 Å². The Balaban J connectivity index is 0.00000243. The minimum absolute atomic E-state index is 0. The molecule has 144 valence electrons. The second-order valence-corrected chi connectivity index (χ2v) is 6.61. The number of hydrogen-bond donors (Lipinski definition) is 3. The molecule has 6 nitrogen and oxygen atoms in total. The second kappa shape index (κ2) is 10.7. The zero-order valence-electron chi connectivity index (χ0n) is 15.3. The molecule has 1 amide bonds. The van der Waals surface area contributed by atoms with E-state index < -0.39 is 0 Å². The predicted molar refractivity (Wildman–Crippen MR) is 115 cm³/mol. The SMILES string of the molecule is CCNC(=NCC1CC(=O)Nc2ccccc21)NCCC1CCCO1.I. The summed E-state index contributed by atoms with van der Waals surface area (Å²) in [5.41, 5.74) is 2.08. The lowest BCUT2D eigenvalue weighted by atomic mass is 9.91. The quantitative estimate of drug-likeness (QED) is 0.338. The van der Waals surface area contributed by atoms with E-state index in [2.05, 4.69) is 28.9 Å². The summed E-state index contributed by atoms with van der Waals surface area (Å²) in [6.07, 6.45) is 4.18. The summed E-state index contributed by atoms with van der Waals surface area (Å²) < 4.78 is 5.66. The highest BCUT2D eigenvalue weighted by molar-refractivity contribution is 14.0. The van der Waals surface area contributed by atoms with Crippen molar-refractivity contribution in [1.29, 1.82) is 0 Å². The molecule has 0 bridgehead atoms. The molecule has 1 fully saturated rings. The first-order chi connectivity index (χ1) is 12.3. The highest BCUT2D eigenvalue weighted by atomic mass is 127. The maximum absolute atomic E-state index is 11.9. The van der Waals surface area contributed by atoms with Gasteiger partial charge in [-0.3, -0.25) is 9.79 Å². The van der Waals surface area contributed by atoms with Crippen molar-refractivity contribution in [3.8, 4) is 0 Å². The van der Waals surface area contributed by atoms with Gasteiger partial charge in [-0.15, -0.1) is 24.0 Å². The summed E-state index contributed by atoms with van der Waals surface area (Å²) in [7, 11) is 0. The van der Waals surface area contributed by atoms with Crippen LogP contribution in [-0.2, 0) is 9.53 Å². The number of guanidine groups is 1. The maximum Gasteiger partial charge on any atom is 0.225 e. The van der Waals surface area contributed by atoms with Gasteiger partial charge < -0.3 is 20.7 Å². The first-order valence-corrected chi connectivity index (χ1v) is 9.29. The van der Waals surface area contributed by atoms with Gasteiger partial charge in [-0.1, -0.05) is 18.2 Å². The number of aliphatic imine (C=N–C) groups is 1. The second-order valence-electron chi connectivity index (χ2n) is 6.61. The van der Waals surface area contributed by atoms with E-state index in [0.29, 0.717) is 19.1 Å². The lowest BCUT2D eigenvalue weighted by Gasteiger charge is -2.24. The van der Waals surface area contributed by atoms with Crippen LogP contribution in [0.3, 0.4) is 0 Å². The van der Waals surface area contributed by atoms with Gasteiger partial charge in [-0.2, -0.15) is 0 Å². The summed E-state index contributed by atoms with van der Waals surface area (Å²) in [6, 6.07) is 7.99. The first kappa shape index (κ1) is 21.0. The number of hydrogen-bond acceptors (Lipinski definition) is 3. The number of para-hydroxylation sites is 1. The molecule has 26 heavy (non-hydrogen) atoms. The Hall–Kier alpha value is -1.35. The molecule has 0 saturated carbocycles. The van der Waals surface area contributed by atoms with Crippen molar-refractivity contribution in [2.45, 2.75) is 44.6 Å². The molecule has 2 aliphatic rings. The number of amides is 1. The molecular weight excluding hydrogens is 443 g/mol. The predicted octanol–water partition coefficient (Wildman–Crippen LogP) is 2.85. The minimum Gasteiger partial charge on any atom is -0.378 e. The molecule has 1 aromatic rings. The molecule has 0 aliphatic carbocycles. The number of nitrogens with one attached hydrogen (secondary N) is 3. The summed E-state index contributed by atoms with van der Waals surface area (Å²) in [5.74, 6) is 0.998. The van der Waals surface area contributed by atoms with Crippen molar-refractivity contribution < 1.29 is 9.53 Å². The number of rotatable bonds is 6. The lowest BCUT2D eigenvalue weighted by molar-refractivity contribution is -0.116. The van der Waals surface area contributed by atoms with Crippen LogP contribution < -0.4 is 16.0 Å². The van der Waals surface area contributed by atoms with Gasteiger partial charge in [-0.25, -0.2) is 0 Å². The van der Waals surface area contributed by atoms with Gasteiger partial charge in [0.05, 0.1) is 12.6 Å². The van der Waals surface area contributed by atoms with Crippen LogP contribution in [0.5, 0.6) is 0 Å². The zero-order valence-corrected chi connectivity index (χ0v) is 17.6. The molecule has 2 aliphatic heterocycles. The van der Waals surface area contributed by atoms with E-state index in [-0.39, 0.29) is 35.8 Å². The summed E-state index contributed by atoms with van der Waals surface area (Å²) in [5, 5.41) is 9.60. The van der Waals surface area contributed by atoms with Crippen molar-refractivity contribution in [3.05, 3.63) is 29.8 Å². The molecule has 0 aromatic heterocycles. The Morgan fingerprint density at radius 1 is 1.35 bits per heavy atom. The van der Waals surface area contributed by atoms with Crippen LogP contribution in [0.25, 0.3) is 0 Å². The van der Waals surface area contributed by atoms with Crippen molar-refractivity contribution in [2.24, 2.45) is 4.99 Å². The van der Waals surface area contributed by atoms with Crippen LogP contribution in [-0.4, -0.2) is 44.2 Å². The number of benzene rings is 1.